The van der Waals surface area contributed by atoms with Crippen LogP contribution in [0.3, 0.4) is 0 Å². The molecule has 34 heavy (non-hydrogen) atoms. The molecule has 2 aromatic rings. The fraction of sp³-hybridized carbons (Fsp3) is 0.542. The zero-order chi connectivity index (χ0) is 23.9. The molecule has 0 saturated carbocycles. The van der Waals surface area contributed by atoms with Crippen LogP contribution >= 0.6 is 0 Å². The van der Waals surface area contributed by atoms with Crippen molar-refractivity contribution in [3.8, 4) is 11.4 Å². The van der Waals surface area contributed by atoms with E-state index in [0.717, 1.165) is 76.1 Å². The van der Waals surface area contributed by atoms with Crippen LogP contribution in [0.5, 0.6) is 0 Å². The number of piperidine rings is 1. The fourth-order valence-corrected chi connectivity index (χ4v) is 5.60. The van der Waals surface area contributed by atoms with Crippen molar-refractivity contribution in [1.29, 1.82) is 0 Å². The Kier molecular flexibility index (Phi) is 5.95. The quantitative estimate of drug-likeness (QED) is 0.567. The summed E-state index contributed by atoms with van der Waals surface area (Å²) in [7, 11) is 1.00. The predicted octanol–water partition coefficient (Wildman–Crippen LogP) is 0.998. The minimum Gasteiger partial charge on any atom is -0.456 e. The first-order chi connectivity index (χ1) is 16.5. The van der Waals surface area contributed by atoms with Gasteiger partial charge in [0.1, 0.15) is 6.61 Å². The summed E-state index contributed by atoms with van der Waals surface area (Å²) in [5, 5.41) is 18.9. The van der Waals surface area contributed by atoms with Gasteiger partial charge in [-0.15, -0.1) is 5.10 Å². The molecule has 4 aliphatic heterocycles. The van der Waals surface area contributed by atoms with Gasteiger partial charge in [-0.3, -0.25) is 4.79 Å². The number of carbonyl (C=O) groups excluding carboxylic acids is 2. The maximum Gasteiger partial charge on any atom is 0.336 e. The number of rotatable bonds is 4. The van der Waals surface area contributed by atoms with E-state index in [1.807, 2.05) is 9.58 Å². The van der Waals surface area contributed by atoms with Gasteiger partial charge in [-0.1, -0.05) is 18.2 Å². The summed E-state index contributed by atoms with van der Waals surface area (Å²) in [6.45, 7) is 6.27. The average molecular weight is 467 g/mol. The molecule has 180 valence electrons. The zero-order valence-corrected chi connectivity index (χ0v) is 19.7. The van der Waals surface area contributed by atoms with Gasteiger partial charge in [0.05, 0.1) is 23.2 Å². The molecule has 2 saturated heterocycles. The van der Waals surface area contributed by atoms with Crippen LogP contribution in [-0.4, -0.2) is 86.9 Å². The SMILES string of the molecule is CC1=C(N2CCC3(CCN(CCc4ccc5c(c4)Cn4nnnc4-5)CC3)C2=O)COC1=O.CO. The van der Waals surface area contributed by atoms with E-state index in [9.17, 15) is 9.59 Å². The molecule has 0 radical (unpaired) electrons. The first kappa shape index (κ1) is 22.7. The lowest BCUT2D eigenvalue weighted by Crippen LogP contribution is -2.45. The molecule has 4 aliphatic rings. The monoisotopic (exact) mass is 466 g/mol. The summed E-state index contributed by atoms with van der Waals surface area (Å²) in [4.78, 5) is 29.3. The first-order valence-electron chi connectivity index (χ1n) is 11.8. The molecule has 1 spiro atoms. The van der Waals surface area contributed by atoms with Crippen LogP contribution < -0.4 is 0 Å². The fourth-order valence-electron chi connectivity index (χ4n) is 5.60. The Morgan fingerprint density at radius 1 is 1.12 bits per heavy atom. The van der Waals surface area contributed by atoms with Gasteiger partial charge in [-0.05, 0) is 67.3 Å². The summed E-state index contributed by atoms with van der Waals surface area (Å²) >= 11 is 0. The van der Waals surface area contributed by atoms with Crippen molar-refractivity contribution < 1.29 is 19.4 Å². The molecule has 0 bridgehead atoms. The molecule has 1 amide bonds. The molecule has 1 aromatic carbocycles. The summed E-state index contributed by atoms with van der Waals surface area (Å²) in [5.41, 5.74) is 4.78. The molecule has 0 unspecified atom stereocenters. The smallest absolute Gasteiger partial charge is 0.336 e. The number of amides is 1. The van der Waals surface area contributed by atoms with Gasteiger partial charge >= 0.3 is 5.97 Å². The van der Waals surface area contributed by atoms with E-state index in [-0.39, 0.29) is 23.9 Å². The maximum absolute atomic E-state index is 13.3. The summed E-state index contributed by atoms with van der Waals surface area (Å²) < 4.78 is 6.96. The van der Waals surface area contributed by atoms with Gasteiger partial charge in [-0.2, -0.15) is 0 Å². The molecular weight excluding hydrogens is 436 g/mol. The normalized spacial score (nSPS) is 21.0. The van der Waals surface area contributed by atoms with Crippen molar-refractivity contribution in [2.45, 2.75) is 39.2 Å². The number of benzene rings is 1. The number of tetrazole rings is 1. The predicted molar refractivity (Wildman–Crippen MR) is 122 cm³/mol. The number of nitrogens with zero attached hydrogens (tertiary/aromatic N) is 6. The van der Waals surface area contributed by atoms with Crippen molar-refractivity contribution in [2.24, 2.45) is 5.41 Å². The highest BCUT2D eigenvalue weighted by atomic mass is 16.5. The number of cyclic esters (lactones) is 1. The minimum absolute atomic E-state index is 0.184. The van der Waals surface area contributed by atoms with Crippen molar-refractivity contribution in [2.75, 3.05) is 39.9 Å². The van der Waals surface area contributed by atoms with Gasteiger partial charge in [0.2, 0.25) is 5.91 Å². The van der Waals surface area contributed by atoms with Crippen molar-refractivity contribution in [1.82, 2.24) is 30.0 Å². The van der Waals surface area contributed by atoms with E-state index < -0.39 is 0 Å². The zero-order valence-electron chi connectivity index (χ0n) is 19.7. The van der Waals surface area contributed by atoms with Crippen LogP contribution in [-0.2, 0) is 27.3 Å². The summed E-state index contributed by atoms with van der Waals surface area (Å²) in [6, 6.07) is 6.57. The van der Waals surface area contributed by atoms with Gasteiger partial charge < -0.3 is 19.6 Å². The number of likely N-dealkylation sites (tertiary alicyclic amines) is 2. The average Bonchev–Trinajstić information content (AvgIpc) is 3.61. The second-order valence-corrected chi connectivity index (χ2v) is 9.38. The molecular formula is C24H30N6O4. The van der Waals surface area contributed by atoms with E-state index in [1.165, 1.54) is 11.1 Å². The molecule has 0 atom stereocenters. The topological polar surface area (TPSA) is 114 Å². The van der Waals surface area contributed by atoms with Crippen molar-refractivity contribution in [3.05, 3.63) is 40.6 Å². The molecule has 10 nitrogen and oxygen atoms in total. The van der Waals surface area contributed by atoms with Crippen LogP contribution in [0.2, 0.25) is 0 Å². The highest BCUT2D eigenvalue weighted by Crippen LogP contribution is 2.43. The van der Waals surface area contributed by atoms with Crippen LogP contribution in [0.15, 0.2) is 29.5 Å². The minimum atomic E-state index is -0.298. The third kappa shape index (κ3) is 3.70. The second-order valence-electron chi connectivity index (χ2n) is 9.38. The van der Waals surface area contributed by atoms with E-state index in [0.29, 0.717) is 12.1 Å². The van der Waals surface area contributed by atoms with E-state index in [2.05, 4.69) is 38.6 Å². The number of aliphatic hydroxyl groups is 1. The van der Waals surface area contributed by atoms with Crippen LogP contribution in [0.25, 0.3) is 11.4 Å². The van der Waals surface area contributed by atoms with Gasteiger partial charge in [-0.25, -0.2) is 9.48 Å². The lowest BCUT2D eigenvalue weighted by atomic mass is 9.77. The Morgan fingerprint density at radius 2 is 1.88 bits per heavy atom. The number of carbonyl (C=O) groups is 2. The number of ether oxygens (including phenoxy) is 1. The third-order valence-electron chi connectivity index (χ3n) is 7.71. The van der Waals surface area contributed by atoms with Gasteiger partial charge in [0.25, 0.3) is 0 Å². The molecule has 6 rings (SSSR count). The number of hydrogen-bond acceptors (Lipinski definition) is 8. The molecule has 1 aromatic heterocycles. The summed E-state index contributed by atoms with van der Waals surface area (Å²) in [6.07, 6.45) is 3.62. The molecule has 1 N–H and O–H groups in total. The standard InChI is InChI=1S/C23H26N6O3.CH4O/c1-15-19(14-32-21(15)30)28-11-7-23(22(28)31)5-9-27(10-6-23)8-4-16-2-3-18-17(12-16)13-29-20(18)24-25-26-29;1-2/h2-3,12H,4-11,13-14H2,1H3;2H,1H3. The van der Waals surface area contributed by atoms with E-state index in [4.69, 9.17) is 9.84 Å². The summed E-state index contributed by atoms with van der Waals surface area (Å²) in [5.74, 6) is 0.736. The van der Waals surface area contributed by atoms with Crippen LogP contribution in [0.1, 0.15) is 37.3 Å². The van der Waals surface area contributed by atoms with E-state index in [1.54, 1.807) is 6.92 Å². The van der Waals surface area contributed by atoms with Gasteiger partial charge in [0, 0.05) is 25.8 Å². The molecule has 2 fully saturated rings. The number of esters is 1. The lowest BCUT2D eigenvalue weighted by molar-refractivity contribution is -0.138. The van der Waals surface area contributed by atoms with E-state index >= 15 is 0 Å². The largest absolute Gasteiger partial charge is 0.456 e. The molecule has 10 heteroatoms. The Bertz CT molecular complexity index is 1150. The highest BCUT2D eigenvalue weighted by Gasteiger charge is 2.49. The first-order valence-corrected chi connectivity index (χ1v) is 11.8. The van der Waals surface area contributed by atoms with Crippen LogP contribution in [0, 0.1) is 5.41 Å². The number of aromatic nitrogens is 4. The number of fused-ring (bicyclic) bond motifs is 3. The highest BCUT2D eigenvalue weighted by molar-refractivity contribution is 5.94. The molecule has 5 heterocycles. The van der Waals surface area contributed by atoms with Crippen molar-refractivity contribution in [3.63, 3.8) is 0 Å². The Hall–Kier alpha value is -3.11. The lowest BCUT2D eigenvalue weighted by Gasteiger charge is -2.38. The Morgan fingerprint density at radius 3 is 2.62 bits per heavy atom. The molecule has 0 aliphatic carbocycles. The Balaban J connectivity index is 0.00000117. The number of hydrogen-bond donors (Lipinski definition) is 1. The number of aliphatic hydroxyl groups excluding tert-OH is 1. The third-order valence-corrected chi connectivity index (χ3v) is 7.71. The van der Waals surface area contributed by atoms with Gasteiger partial charge in [0.15, 0.2) is 5.82 Å². The second kappa shape index (κ2) is 8.92. The Labute approximate surface area is 198 Å². The van der Waals surface area contributed by atoms with Crippen molar-refractivity contribution >= 4 is 11.9 Å². The maximum atomic E-state index is 13.3. The van der Waals surface area contributed by atoms with Crippen LogP contribution in [0.4, 0.5) is 0 Å².